The normalized spacial score (nSPS) is 11.3. The lowest BCUT2D eigenvalue weighted by Crippen LogP contribution is -1.92. The molecule has 1 heterocycles. The number of aromatic nitrogens is 1. The first-order valence-electron chi connectivity index (χ1n) is 6.80. The van der Waals surface area contributed by atoms with Gasteiger partial charge in [0.2, 0.25) is 5.13 Å². The quantitative estimate of drug-likeness (QED) is 0.506. The van der Waals surface area contributed by atoms with E-state index in [9.17, 15) is 5.11 Å². The molecule has 118 valence electrons. The highest BCUT2D eigenvalue weighted by Crippen LogP contribution is 2.34. The molecule has 3 rings (SSSR count). The van der Waals surface area contributed by atoms with E-state index in [1.165, 1.54) is 12.7 Å². The Morgan fingerprint density at radius 2 is 2.22 bits per heavy atom. The molecule has 7 heteroatoms. The molecule has 5 nitrogen and oxygen atoms in total. The Morgan fingerprint density at radius 3 is 2.96 bits per heavy atom. The fourth-order valence-electron chi connectivity index (χ4n) is 2.12. The Bertz CT molecular complexity index is 892. The van der Waals surface area contributed by atoms with E-state index >= 15 is 0 Å². The molecule has 0 fully saturated rings. The molecule has 2 N–H and O–H groups in total. The van der Waals surface area contributed by atoms with Crippen molar-refractivity contribution in [3.63, 3.8) is 0 Å². The van der Waals surface area contributed by atoms with E-state index in [0.29, 0.717) is 10.2 Å². The number of fused-ring (bicyclic) bond motifs is 1. The average molecular weight is 392 g/mol. The summed E-state index contributed by atoms with van der Waals surface area (Å²) in [6.45, 7) is 2.06. The number of rotatable bonds is 4. The molecule has 2 aromatic carbocycles. The zero-order valence-corrected chi connectivity index (χ0v) is 14.9. The Morgan fingerprint density at radius 1 is 1.39 bits per heavy atom. The Balaban J connectivity index is 1.80. The van der Waals surface area contributed by atoms with Gasteiger partial charge in [0.15, 0.2) is 11.5 Å². The van der Waals surface area contributed by atoms with E-state index in [0.717, 1.165) is 20.9 Å². The van der Waals surface area contributed by atoms with Crippen LogP contribution in [0.25, 0.3) is 10.2 Å². The number of hydrogen-bond acceptors (Lipinski definition) is 6. The molecule has 1 aromatic heterocycles. The largest absolute Gasteiger partial charge is 0.503 e. The summed E-state index contributed by atoms with van der Waals surface area (Å²) in [6.07, 6.45) is 1.64. The first-order valence-corrected chi connectivity index (χ1v) is 8.41. The number of ether oxygens (including phenoxy) is 1. The van der Waals surface area contributed by atoms with Crippen molar-refractivity contribution >= 4 is 48.8 Å². The van der Waals surface area contributed by atoms with Gasteiger partial charge in [-0.1, -0.05) is 23.5 Å². The molecule has 0 saturated heterocycles. The number of aryl methyl sites for hydroxylation is 1. The van der Waals surface area contributed by atoms with Gasteiger partial charge in [0.25, 0.3) is 0 Å². The van der Waals surface area contributed by atoms with Gasteiger partial charge in [-0.25, -0.2) is 4.98 Å². The van der Waals surface area contributed by atoms with Crippen molar-refractivity contribution in [3.8, 4) is 11.5 Å². The number of hydrazone groups is 1. The lowest BCUT2D eigenvalue weighted by molar-refractivity contribution is 0.372. The van der Waals surface area contributed by atoms with Gasteiger partial charge >= 0.3 is 0 Å². The number of phenolic OH excluding ortho intramolecular Hbond substituents is 1. The molecule has 0 bridgehead atoms. The summed E-state index contributed by atoms with van der Waals surface area (Å²) >= 11 is 4.85. The molecule has 0 saturated carbocycles. The number of phenols is 1. The Kier molecular flexibility index (Phi) is 4.49. The van der Waals surface area contributed by atoms with Gasteiger partial charge in [0, 0.05) is 0 Å². The lowest BCUT2D eigenvalue weighted by atomic mass is 10.2. The third kappa shape index (κ3) is 3.30. The molecule has 23 heavy (non-hydrogen) atoms. The van der Waals surface area contributed by atoms with Crippen molar-refractivity contribution in [2.75, 3.05) is 12.5 Å². The summed E-state index contributed by atoms with van der Waals surface area (Å²) in [5.74, 6) is 0.454. The van der Waals surface area contributed by atoms with Crippen molar-refractivity contribution < 1.29 is 9.84 Å². The Hall–Kier alpha value is -2.12. The van der Waals surface area contributed by atoms with Crippen molar-refractivity contribution in [2.24, 2.45) is 5.10 Å². The van der Waals surface area contributed by atoms with Crippen LogP contribution in [0.15, 0.2) is 39.9 Å². The van der Waals surface area contributed by atoms with Crippen molar-refractivity contribution in [1.82, 2.24) is 4.98 Å². The minimum atomic E-state index is 0.0688. The smallest absolute Gasteiger partial charge is 0.204 e. The third-order valence-electron chi connectivity index (χ3n) is 3.26. The van der Waals surface area contributed by atoms with Gasteiger partial charge in [0.05, 0.1) is 28.0 Å². The fourth-order valence-corrected chi connectivity index (χ4v) is 3.46. The summed E-state index contributed by atoms with van der Waals surface area (Å²) in [5.41, 5.74) is 5.89. The maximum absolute atomic E-state index is 9.79. The number of halogens is 1. The van der Waals surface area contributed by atoms with Crippen molar-refractivity contribution in [2.45, 2.75) is 6.92 Å². The molecule has 0 aliphatic carbocycles. The number of thiazole rings is 1. The van der Waals surface area contributed by atoms with Crippen molar-refractivity contribution in [3.05, 3.63) is 45.9 Å². The van der Waals surface area contributed by atoms with Crippen LogP contribution in [0.5, 0.6) is 11.5 Å². The van der Waals surface area contributed by atoms with Crippen LogP contribution in [-0.2, 0) is 0 Å². The number of methoxy groups -OCH3 is 1. The number of benzene rings is 2. The second kappa shape index (κ2) is 6.55. The van der Waals surface area contributed by atoms with Crippen LogP contribution in [0.2, 0.25) is 0 Å². The zero-order chi connectivity index (χ0) is 16.4. The van der Waals surface area contributed by atoms with E-state index < -0.39 is 0 Å². The van der Waals surface area contributed by atoms with Crippen LogP contribution in [0, 0.1) is 6.92 Å². The summed E-state index contributed by atoms with van der Waals surface area (Å²) < 4.78 is 6.81. The second-order valence-electron chi connectivity index (χ2n) is 4.87. The van der Waals surface area contributed by atoms with Gasteiger partial charge in [-0.3, -0.25) is 5.43 Å². The van der Waals surface area contributed by atoms with Gasteiger partial charge in [0.1, 0.15) is 0 Å². The van der Waals surface area contributed by atoms with E-state index in [4.69, 9.17) is 4.74 Å². The molecule has 0 radical (unpaired) electrons. The Labute approximate surface area is 145 Å². The first kappa shape index (κ1) is 15.8. The lowest BCUT2D eigenvalue weighted by Gasteiger charge is -2.06. The standard InChI is InChI=1S/C16H14BrN3O2S/c1-9-4-3-5-12-15(9)23-16(19-12)20-18-8-10-6-11(17)14(21)13(7-10)22-2/h3-8,21H,1-2H3,(H,19,20)/b18-8+. The summed E-state index contributed by atoms with van der Waals surface area (Å²) in [4.78, 5) is 4.49. The number of nitrogens with one attached hydrogen (secondary N) is 1. The molecule has 0 spiro atoms. The van der Waals surface area contributed by atoms with Crippen LogP contribution in [-0.4, -0.2) is 23.4 Å². The first-order chi connectivity index (χ1) is 11.1. The number of nitrogens with zero attached hydrogens (tertiary/aromatic N) is 2. The second-order valence-corrected chi connectivity index (χ2v) is 6.72. The average Bonchev–Trinajstić information content (AvgIpc) is 2.95. The van der Waals surface area contributed by atoms with Crippen LogP contribution in [0.1, 0.15) is 11.1 Å². The van der Waals surface area contributed by atoms with Crippen LogP contribution >= 0.6 is 27.3 Å². The highest BCUT2D eigenvalue weighted by atomic mass is 79.9. The van der Waals surface area contributed by atoms with Crippen LogP contribution in [0.3, 0.4) is 0 Å². The molecule has 3 aromatic rings. The molecule has 0 aliphatic heterocycles. The highest BCUT2D eigenvalue weighted by Gasteiger charge is 2.08. The van der Waals surface area contributed by atoms with E-state index in [2.05, 4.69) is 44.4 Å². The van der Waals surface area contributed by atoms with Gasteiger partial charge < -0.3 is 9.84 Å². The SMILES string of the molecule is COc1cc(/C=N/Nc2nc3cccc(C)c3s2)cc(Br)c1O. The van der Waals surface area contributed by atoms with Crippen LogP contribution in [0.4, 0.5) is 5.13 Å². The minimum absolute atomic E-state index is 0.0688. The van der Waals surface area contributed by atoms with Gasteiger partial charge in [-0.15, -0.1) is 0 Å². The van der Waals surface area contributed by atoms with E-state index in [-0.39, 0.29) is 5.75 Å². The topological polar surface area (TPSA) is 66.7 Å². The van der Waals surface area contributed by atoms with Crippen molar-refractivity contribution in [1.29, 1.82) is 0 Å². The molecule has 0 unspecified atom stereocenters. The third-order valence-corrected chi connectivity index (χ3v) is 4.97. The summed E-state index contributed by atoms with van der Waals surface area (Å²) in [6, 6.07) is 9.49. The minimum Gasteiger partial charge on any atom is -0.503 e. The summed E-state index contributed by atoms with van der Waals surface area (Å²) in [7, 11) is 1.50. The van der Waals surface area contributed by atoms with E-state index in [1.54, 1.807) is 29.7 Å². The predicted molar refractivity (Wildman–Crippen MR) is 97.9 cm³/mol. The molecule has 0 atom stereocenters. The predicted octanol–water partition coefficient (Wildman–Crippen LogP) is 4.53. The molecule has 0 amide bonds. The molecular weight excluding hydrogens is 378 g/mol. The molecule has 0 aliphatic rings. The van der Waals surface area contributed by atoms with Crippen LogP contribution < -0.4 is 10.2 Å². The maximum Gasteiger partial charge on any atom is 0.204 e. The van der Waals surface area contributed by atoms with Gasteiger partial charge in [-0.2, -0.15) is 5.10 Å². The highest BCUT2D eigenvalue weighted by molar-refractivity contribution is 9.10. The fraction of sp³-hybridized carbons (Fsp3) is 0.125. The number of aromatic hydroxyl groups is 1. The zero-order valence-electron chi connectivity index (χ0n) is 12.5. The summed E-state index contributed by atoms with van der Waals surface area (Å²) in [5, 5.41) is 14.7. The number of hydrogen-bond donors (Lipinski definition) is 2. The van der Waals surface area contributed by atoms with Gasteiger partial charge in [-0.05, 0) is 52.2 Å². The van der Waals surface area contributed by atoms with E-state index in [1.807, 2.05) is 12.1 Å². The molecular formula is C16H14BrN3O2S. The monoisotopic (exact) mass is 391 g/mol. The number of anilines is 1. The maximum atomic E-state index is 9.79.